The van der Waals surface area contributed by atoms with Crippen molar-refractivity contribution in [3.63, 3.8) is 0 Å². The molecule has 0 saturated heterocycles. The first-order valence-corrected chi connectivity index (χ1v) is 9.73. The number of carbonyl (C=O) groups is 2. The molecule has 9 nitrogen and oxygen atoms in total. The molecular weight excluding hydrogens is 535 g/mol. The van der Waals surface area contributed by atoms with E-state index in [1.54, 1.807) is 5.48 Å². The number of alkyl halides is 6. The average Bonchev–Trinajstić information content (AvgIpc) is 2.81. The highest BCUT2D eigenvalue weighted by molar-refractivity contribution is 5.97. The van der Waals surface area contributed by atoms with Crippen molar-refractivity contribution >= 4 is 11.8 Å². The highest BCUT2D eigenvalue weighted by atomic mass is 19.4. The molecule has 202 valence electrons. The number of benzene rings is 2. The molecule has 0 saturated carbocycles. The van der Waals surface area contributed by atoms with Gasteiger partial charge in [-0.1, -0.05) is 0 Å². The normalized spacial score (nSPS) is 13.0. The van der Waals surface area contributed by atoms with Crippen LogP contribution in [-0.2, 0) is 6.18 Å². The van der Waals surface area contributed by atoms with Gasteiger partial charge >= 0.3 is 12.5 Å². The lowest BCUT2D eigenvalue weighted by atomic mass is 10.1. The molecule has 0 aliphatic rings. The number of pyridine rings is 1. The number of hydrogen-bond donors (Lipinski definition) is 2. The summed E-state index contributed by atoms with van der Waals surface area (Å²) in [5, 5.41) is 0. The Morgan fingerprint density at radius 2 is 1.68 bits per heavy atom. The van der Waals surface area contributed by atoms with E-state index >= 15 is 4.39 Å². The van der Waals surface area contributed by atoms with Crippen molar-refractivity contribution in [3.8, 4) is 28.7 Å². The van der Waals surface area contributed by atoms with Crippen LogP contribution >= 0.6 is 0 Å². The van der Waals surface area contributed by atoms with Crippen molar-refractivity contribution in [2.24, 2.45) is 5.73 Å². The Morgan fingerprint density at radius 3 is 2.32 bits per heavy atom. The lowest BCUT2D eigenvalue weighted by molar-refractivity contribution is -0.274. The largest absolute Gasteiger partial charge is 0.573 e. The van der Waals surface area contributed by atoms with Crippen molar-refractivity contribution in [1.29, 1.82) is 0 Å². The van der Waals surface area contributed by atoms with E-state index in [4.69, 9.17) is 19.4 Å². The predicted molar refractivity (Wildman–Crippen MR) is 112 cm³/mol. The summed E-state index contributed by atoms with van der Waals surface area (Å²) in [5.41, 5.74) is 3.05. The molecule has 0 aliphatic heterocycles. The molecule has 0 bridgehead atoms. The minimum absolute atomic E-state index is 0.190. The highest BCUT2D eigenvalue weighted by Crippen LogP contribution is 2.40. The third-order valence-electron chi connectivity index (χ3n) is 4.36. The molecule has 1 aromatic heterocycles. The maximum atomic E-state index is 15.0. The molecule has 3 N–H and O–H groups in total. The molecule has 16 heteroatoms. The van der Waals surface area contributed by atoms with Crippen LogP contribution in [0.3, 0.4) is 0 Å². The zero-order valence-corrected chi connectivity index (χ0v) is 18.2. The molecule has 0 atom stereocenters. The number of halogens is 7. The van der Waals surface area contributed by atoms with Crippen LogP contribution in [0, 0.1) is 5.82 Å². The number of nitrogens with one attached hydrogen (secondary N) is 1. The van der Waals surface area contributed by atoms with Crippen LogP contribution in [0.5, 0.6) is 28.7 Å². The Morgan fingerprint density at radius 1 is 0.974 bits per heavy atom. The van der Waals surface area contributed by atoms with E-state index in [2.05, 4.69) is 14.5 Å². The molecule has 2 aromatic carbocycles. The molecule has 3 rings (SSSR count). The Kier molecular flexibility index (Phi) is 6.65. The number of nitrogens with two attached hydrogens (primary N) is 1. The molecule has 3 aromatic rings. The zero-order chi connectivity index (χ0) is 30.8. The first-order chi connectivity index (χ1) is 18.8. The van der Waals surface area contributed by atoms with E-state index in [0.29, 0.717) is 24.3 Å². The number of aromatic nitrogens is 1. The van der Waals surface area contributed by atoms with Gasteiger partial charge < -0.3 is 24.8 Å². The summed E-state index contributed by atoms with van der Waals surface area (Å²) in [5.74, 6) is -8.76. The van der Waals surface area contributed by atoms with Crippen molar-refractivity contribution in [3.05, 3.63) is 71.3 Å². The summed E-state index contributed by atoms with van der Waals surface area (Å²) in [6.07, 6.45) is -9.47. The average molecular weight is 552 g/mol. The summed E-state index contributed by atoms with van der Waals surface area (Å²) in [6.45, 7) is 0. The van der Waals surface area contributed by atoms with Gasteiger partial charge in [0.2, 0.25) is 0 Å². The van der Waals surface area contributed by atoms with Gasteiger partial charge in [-0.3, -0.25) is 14.6 Å². The Labute approximate surface area is 212 Å². The lowest BCUT2D eigenvalue weighted by Crippen LogP contribution is -2.29. The Balaban J connectivity index is 2.04. The van der Waals surface area contributed by atoms with Crippen LogP contribution in [0.1, 0.15) is 30.5 Å². The number of ether oxygens (including phenoxy) is 3. The van der Waals surface area contributed by atoms with Crippen molar-refractivity contribution < 1.29 is 63.5 Å². The molecule has 0 radical (unpaired) electrons. The monoisotopic (exact) mass is 552 g/mol. The Bertz CT molecular complexity index is 1470. The summed E-state index contributed by atoms with van der Waals surface area (Å²) in [7, 11) is -3.28. The molecule has 38 heavy (non-hydrogen) atoms. The van der Waals surface area contributed by atoms with Gasteiger partial charge in [0.1, 0.15) is 22.8 Å². The fraction of sp³-hybridized carbons (Fsp3) is 0.136. The number of hydrogen-bond acceptors (Lipinski definition) is 7. The zero-order valence-electron chi connectivity index (χ0n) is 21.2. The van der Waals surface area contributed by atoms with E-state index in [1.165, 1.54) is 0 Å². The fourth-order valence-corrected chi connectivity index (χ4v) is 2.81. The quantitative estimate of drug-likeness (QED) is 0.305. The van der Waals surface area contributed by atoms with Crippen LogP contribution in [0.15, 0.2) is 48.7 Å². The smallest absolute Gasteiger partial charge is 0.493 e. The molecule has 0 aliphatic carbocycles. The van der Waals surface area contributed by atoms with Gasteiger partial charge in [0, 0.05) is 24.4 Å². The van der Waals surface area contributed by atoms with Crippen LogP contribution in [0.25, 0.3) is 0 Å². The third-order valence-corrected chi connectivity index (χ3v) is 4.36. The molecule has 0 fully saturated rings. The minimum atomic E-state index is -5.30. The van der Waals surface area contributed by atoms with Crippen LogP contribution in [0.2, 0.25) is 0 Å². The van der Waals surface area contributed by atoms with Crippen LogP contribution in [0.4, 0.5) is 30.7 Å². The first kappa shape index (κ1) is 23.6. The number of primary amides is 1. The van der Waals surface area contributed by atoms with Gasteiger partial charge in [-0.2, -0.15) is 18.7 Å². The second kappa shape index (κ2) is 10.7. The lowest BCUT2D eigenvalue weighted by Gasteiger charge is -2.18. The van der Waals surface area contributed by atoms with E-state index in [1.807, 2.05) is 0 Å². The number of carbonyl (C=O) groups excluding carboxylic acids is 2. The van der Waals surface area contributed by atoms with Gasteiger partial charge in [-0.15, -0.1) is 13.2 Å². The van der Waals surface area contributed by atoms with Crippen molar-refractivity contribution in [2.45, 2.75) is 12.5 Å². The van der Waals surface area contributed by atoms with E-state index < -0.39 is 71.3 Å². The number of amides is 2. The van der Waals surface area contributed by atoms with Gasteiger partial charge in [-0.25, -0.2) is 4.39 Å². The summed E-state index contributed by atoms with van der Waals surface area (Å²) in [4.78, 5) is 32.5. The fourth-order valence-electron chi connectivity index (χ4n) is 2.81. The molecular formula is C22H14F7N3O6. The number of hydroxylamine groups is 1. The second-order valence-corrected chi connectivity index (χ2v) is 6.93. The van der Waals surface area contributed by atoms with Gasteiger partial charge in [0.05, 0.1) is 16.7 Å². The van der Waals surface area contributed by atoms with Gasteiger partial charge in [0.25, 0.3) is 11.8 Å². The molecule has 2 amide bonds. The van der Waals surface area contributed by atoms with Crippen LogP contribution in [-0.4, -0.2) is 30.2 Å². The number of rotatable bonds is 8. The molecule has 0 spiro atoms. The summed E-state index contributed by atoms with van der Waals surface area (Å²) >= 11 is 0. The predicted octanol–water partition coefficient (Wildman–Crippen LogP) is 4.76. The van der Waals surface area contributed by atoms with Crippen molar-refractivity contribution in [1.82, 2.24) is 10.5 Å². The number of nitrogens with zero attached hydrogens (tertiary/aromatic N) is 1. The SMILES string of the molecule is [2H]C([2H])([2H])Oc1cc(OC(F)(F)F)ccc1Oc1ccc(C(F)(F)F)c(F)c1C(=O)NOc1ccnc(C(N)=O)c1. The number of methoxy groups -OCH3 is 1. The topological polar surface area (TPSA) is 122 Å². The van der Waals surface area contributed by atoms with Gasteiger partial charge in [0.15, 0.2) is 23.1 Å². The maximum Gasteiger partial charge on any atom is 0.573 e. The standard InChI is InChI=1S/C22H14F7N3O6/c1-35-16-9-10(37-22(27,28)29)2-4-14(16)36-15-5-3-12(21(24,25)26)18(23)17(15)20(34)32-38-11-6-7-31-13(8-11)19(30)33/h2-9H,1H3,(H2,30,33)(H,32,34)/i1D3. The van der Waals surface area contributed by atoms with E-state index in [9.17, 15) is 35.9 Å². The third kappa shape index (κ3) is 6.71. The maximum absolute atomic E-state index is 15.0. The summed E-state index contributed by atoms with van der Waals surface area (Å²) < 4.78 is 128. The first-order valence-electron chi connectivity index (χ1n) is 11.2. The molecule has 0 unspecified atom stereocenters. The van der Waals surface area contributed by atoms with Crippen molar-refractivity contribution in [2.75, 3.05) is 7.04 Å². The highest BCUT2D eigenvalue weighted by Gasteiger charge is 2.38. The Hall–Kier alpha value is -4.76. The second-order valence-electron chi connectivity index (χ2n) is 6.93. The molecule has 1 heterocycles. The van der Waals surface area contributed by atoms with E-state index in [0.717, 1.165) is 18.3 Å². The minimum Gasteiger partial charge on any atom is -0.493 e. The van der Waals surface area contributed by atoms with Crippen LogP contribution < -0.4 is 30.3 Å². The summed E-state index contributed by atoms with van der Waals surface area (Å²) in [6, 6.07) is 4.42. The van der Waals surface area contributed by atoms with Gasteiger partial charge in [-0.05, 0) is 24.3 Å². The van der Waals surface area contributed by atoms with E-state index in [-0.39, 0.29) is 17.5 Å².